The molecule has 20 heavy (non-hydrogen) atoms. The molecule has 2 N–H and O–H groups in total. The highest BCUT2D eigenvalue weighted by molar-refractivity contribution is 9.10. The van der Waals surface area contributed by atoms with E-state index in [1.54, 1.807) is 0 Å². The van der Waals surface area contributed by atoms with Gasteiger partial charge in [-0.25, -0.2) is 0 Å². The van der Waals surface area contributed by atoms with E-state index in [0.29, 0.717) is 6.61 Å². The molecule has 3 rings (SSSR count). The fraction of sp³-hybridized carbons (Fsp3) is 0.0588. The van der Waals surface area contributed by atoms with Gasteiger partial charge in [0.15, 0.2) is 0 Å². The zero-order chi connectivity index (χ0) is 13.9. The zero-order valence-corrected chi connectivity index (χ0v) is 12.4. The number of hydrogen-bond acceptors (Lipinski definition) is 2. The first-order chi connectivity index (χ1) is 9.70. The molecule has 0 heterocycles. The fourth-order valence-electron chi connectivity index (χ4n) is 2.13. The molecule has 0 spiro atoms. The number of nitrogen functional groups attached to an aromatic ring is 1. The lowest BCUT2D eigenvalue weighted by atomic mass is 10.1. The summed E-state index contributed by atoms with van der Waals surface area (Å²) in [7, 11) is 0. The van der Waals surface area contributed by atoms with Crippen LogP contribution in [0.15, 0.2) is 65.1 Å². The van der Waals surface area contributed by atoms with Crippen LogP contribution in [-0.4, -0.2) is 0 Å². The van der Waals surface area contributed by atoms with Crippen LogP contribution in [0.5, 0.6) is 5.75 Å². The van der Waals surface area contributed by atoms with Crippen LogP contribution in [0.4, 0.5) is 5.69 Å². The summed E-state index contributed by atoms with van der Waals surface area (Å²) in [6.07, 6.45) is 0. The Morgan fingerprint density at radius 2 is 1.70 bits per heavy atom. The highest BCUT2D eigenvalue weighted by Gasteiger charge is 2.00. The van der Waals surface area contributed by atoms with Gasteiger partial charge in [0.2, 0.25) is 0 Å². The molecule has 0 atom stereocenters. The molecule has 0 aromatic heterocycles. The Kier molecular flexibility index (Phi) is 3.61. The van der Waals surface area contributed by atoms with Crippen LogP contribution in [0, 0.1) is 0 Å². The normalized spacial score (nSPS) is 10.7. The summed E-state index contributed by atoms with van der Waals surface area (Å²) in [5, 5.41) is 2.36. The highest BCUT2D eigenvalue weighted by Crippen LogP contribution is 2.24. The molecule has 0 aliphatic rings. The lowest BCUT2D eigenvalue weighted by Gasteiger charge is -2.08. The highest BCUT2D eigenvalue weighted by atomic mass is 79.9. The van der Waals surface area contributed by atoms with Crippen molar-refractivity contribution in [2.45, 2.75) is 6.61 Å². The van der Waals surface area contributed by atoms with Crippen LogP contribution in [0.25, 0.3) is 10.8 Å². The maximum absolute atomic E-state index is 5.82. The Hall–Kier alpha value is -2.00. The molecule has 0 unspecified atom stereocenters. The molecular formula is C17H14BrNO. The van der Waals surface area contributed by atoms with Gasteiger partial charge in [-0.15, -0.1) is 0 Å². The van der Waals surface area contributed by atoms with Crippen LogP contribution in [0.1, 0.15) is 5.56 Å². The fourth-order valence-corrected chi connectivity index (χ4v) is 2.51. The van der Waals surface area contributed by atoms with Gasteiger partial charge in [0.25, 0.3) is 0 Å². The smallest absolute Gasteiger partial charge is 0.120 e. The third-order valence-corrected chi connectivity index (χ3v) is 3.62. The van der Waals surface area contributed by atoms with Gasteiger partial charge < -0.3 is 10.5 Å². The quantitative estimate of drug-likeness (QED) is 0.703. The molecule has 3 aromatic carbocycles. The second kappa shape index (κ2) is 5.55. The molecule has 0 amide bonds. The first-order valence-corrected chi connectivity index (χ1v) is 7.16. The first-order valence-electron chi connectivity index (χ1n) is 6.37. The number of benzene rings is 3. The van der Waals surface area contributed by atoms with Gasteiger partial charge in [0.1, 0.15) is 12.4 Å². The first kappa shape index (κ1) is 13.0. The summed E-state index contributed by atoms with van der Waals surface area (Å²) in [5.41, 5.74) is 7.59. The van der Waals surface area contributed by atoms with Gasteiger partial charge in [-0.2, -0.15) is 0 Å². The van der Waals surface area contributed by atoms with E-state index in [0.717, 1.165) is 21.5 Å². The maximum Gasteiger partial charge on any atom is 0.120 e. The Morgan fingerprint density at radius 1 is 0.900 bits per heavy atom. The maximum atomic E-state index is 5.82. The average molecular weight is 328 g/mol. The molecule has 3 heteroatoms. The van der Waals surface area contributed by atoms with Crippen molar-refractivity contribution in [3.8, 4) is 5.75 Å². The Balaban J connectivity index is 1.79. The third kappa shape index (κ3) is 2.94. The van der Waals surface area contributed by atoms with E-state index in [1.165, 1.54) is 10.8 Å². The Morgan fingerprint density at radius 3 is 2.55 bits per heavy atom. The average Bonchev–Trinajstić information content (AvgIpc) is 2.45. The van der Waals surface area contributed by atoms with Crippen molar-refractivity contribution in [1.82, 2.24) is 0 Å². The molecular weight excluding hydrogens is 314 g/mol. The molecule has 100 valence electrons. The van der Waals surface area contributed by atoms with Crippen molar-refractivity contribution in [2.75, 3.05) is 5.73 Å². The summed E-state index contributed by atoms with van der Waals surface area (Å²) in [6.45, 7) is 0.521. The molecule has 0 aliphatic carbocycles. The van der Waals surface area contributed by atoms with Crippen LogP contribution in [0.2, 0.25) is 0 Å². The largest absolute Gasteiger partial charge is 0.489 e. The standard InChI is InChI=1S/C17H14BrNO/c18-15-6-4-14-10-17(7-5-13(14)9-15)20-11-12-2-1-3-16(19)8-12/h1-10H,11,19H2. The van der Waals surface area contributed by atoms with Gasteiger partial charge in [-0.05, 0) is 52.7 Å². The molecule has 3 aromatic rings. The van der Waals surface area contributed by atoms with Crippen molar-refractivity contribution in [1.29, 1.82) is 0 Å². The number of nitrogens with two attached hydrogens (primary N) is 1. The number of ether oxygens (including phenoxy) is 1. The van der Waals surface area contributed by atoms with Crippen LogP contribution in [0.3, 0.4) is 0 Å². The van der Waals surface area contributed by atoms with Crippen molar-refractivity contribution in [3.05, 3.63) is 70.7 Å². The van der Waals surface area contributed by atoms with E-state index in [-0.39, 0.29) is 0 Å². The topological polar surface area (TPSA) is 35.2 Å². The summed E-state index contributed by atoms with van der Waals surface area (Å²) in [5.74, 6) is 0.863. The molecule has 0 saturated carbocycles. The van der Waals surface area contributed by atoms with Crippen molar-refractivity contribution >= 4 is 32.4 Å². The van der Waals surface area contributed by atoms with Gasteiger partial charge in [-0.1, -0.05) is 40.2 Å². The molecule has 0 aliphatic heterocycles. The van der Waals surface area contributed by atoms with Crippen LogP contribution in [-0.2, 0) is 6.61 Å². The number of rotatable bonds is 3. The van der Waals surface area contributed by atoms with Crippen molar-refractivity contribution in [2.24, 2.45) is 0 Å². The number of halogens is 1. The molecule has 0 bridgehead atoms. The number of anilines is 1. The van der Waals surface area contributed by atoms with Crippen LogP contribution >= 0.6 is 15.9 Å². The molecule has 0 fully saturated rings. The second-order valence-corrected chi connectivity index (χ2v) is 5.60. The van der Waals surface area contributed by atoms with Gasteiger partial charge >= 0.3 is 0 Å². The van der Waals surface area contributed by atoms with Gasteiger partial charge in [0, 0.05) is 10.2 Å². The monoisotopic (exact) mass is 327 g/mol. The Bertz CT molecular complexity index is 755. The van der Waals surface area contributed by atoms with E-state index in [9.17, 15) is 0 Å². The summed E-state index contributed by atoms with van der Waals surface area (Å²) in [6, 6.07) is 20.0. The van der Waals surface area contributed by atoms with Crippen LogP contribution < -0.4 is 10.5 Å². The number of hydrogen-bond donors (Lipinski definition) is 1. The predicted molar refractivity (Wildman–Crippen MR) is 86.8 cm³/mol. The minimum absolute atomic E-state index is 0.521. The molecule has 0 saturated heterocycles. The SMILES string of the molecule is Nc1cccc(COc2ccc3cc(Br)ccc3c2)c1. The van der Waals surface area contributed by atoms with E-state index >= 15 is 0 Å². The minimum Gasteiger partial charge on any atom is -0.489 e. The molecule has 2 nitrogen and oxygen atoms in total. The summed E-state index contributed by atoms with van der Waals surface area (Å²) >= 11 is 3.48. The summed E-state index contributed by atoms with van der Waals surface area (Å²) < 4.78 is 6.90. The van der Waals surface area contributed by atoms with E-state index in [4.69, 9.17) is 10.5 Å². The van der Waals surface area contributed by atoms with E-state index < -0.39 is 0 Å². The van der Waals surface area contributed by atoms with Gasteiger partial charge in [0.05, 0.1) is 0 Å². The zero-order valence-electron chi connectivity index (χ0n) is 10.8. The van der Waals surface area contributed by atoms with Crippen molar-refractivity contribution in [3.63, 3.8) is 0 Å². The van der Waals surface area contributed by atoms with Crippen molar-refractivity contribution < 1.29 is 4.74 Å². The second-order valence-electron chi connectivity index (χ2n) is 4.69. The summed E-state index contributed by atoms with van der Waals surface area (Å²) in [4.78, 5) is 0. The third-order valence-electron chi connectivity index (χ3n) is 3.13. The predicted octanol–water partition coefficient (Wildman–Crippen LogP) is 4.76. The number of fused-ring (bicyclic) bond motifs is 1. The lowest BCUT2D eigenvalue weighted by molar-refractivity contribution is 0.306. The van der Waals surface area contributed by atoms with E-state index in [1.807, 2.05) is 42.5 Å². The lowest BCUT2D eigenvalue weighted by Crippen LogP contribution is -1.96. The minimum atomic E-state index is 0.521. The molecule has 0 radical (unpaired) electrons. The van der Waals surface area contributed by atoms with Gasteiger partial charge in [-0.3, -0.25) is 0 Å². The Labute approximate surface area is 126 Å². The van der Waals surface area contributed by atoms with E-state index in [2.05, 4.69) is 34.1 Å².